The second kappa shape index (κ2) is 7.26. The van der Waals surface area contributed by atoms with Crippen LogP contribution >= 0.6 is 0 Å². The van der Waals surface area contributed by atoms with Crippen molar-refractivity contribution in [3.8, 4) is 28.7 Å². The number of carbonyl (C=O) groups excluding carboxylic acids is 1. The van der Waals surface area contributed by atoms with Crippen LogP contribution in [0.25, 0.3) is 0 Å². The van der Waals surface area contributed by atoms with E-state index in [0.29, 0.717) is 28.6 Å². The molecule has 2 atom stereocenters. The number of aromatic hydroxyl groups is 1. The summed E-state index contributed by atoms with van der Waals surface area (Å²) in [5.74, 6) is 0.872. The Labute approximate surface area is 157 Å². The highest BCUT2D eigenvalue weighted by molar-refractivity contribution is 5.96. The van der Waals surface area contributed by atoms with Gasteiger partial charge in [-0.05, 0) is 17.7 Å². The van der Waals surface area contributed by atoms with Crippen molar-refractivity contribution in [2.45, 2.75) is 18.9 Å². The maximum Gasteiger partial charge on any atom is 0.342 e. The smallest absolute Gasteiger partial charge is 0.342 e. The molecule has 0 bridgehead atoms. The van der Waals surface area contributed by atoms with Gasteiger partial charge in [-0.15, -0.1) is 0 Å². The number of carbonyl (C=O) groups is 1. The Kier molecular flexibility index (Phi) is 5.03. The van der Waals surface area contributed by atoms with Gasteiger partial charge in [-0.3, -0.25) is 0 Å². The average molecular weight is 374 g/mol. The van der Waals surface area contributed by atoms with Gasteiger partial charge in [0, 0.05) is 17.5 Å². The van der Waals surface area contributed by atoms with Crippen LogP contribution in [0, 0.1) is 0 Å². The lowest BCUT2D eigenvalue weighted by atomic mass is 9.89. The van der Waals surface area contributed by atoms with Crippen molar-refractivity contribution in [3.63, 3.8) is 0 Å². The van der Waals surface area contributed by atoms with Gasteiger partial charge < -0.3 is 28.8 Å². The van der Waals surface area contributed by atoms with Crippen molar-refractivity contribution >= 4 is 5.97 Å². The van der Waals surface area contributed by atoms with E-state index in [1.807, 2.05) is 19.1 Å². The molecular formula is C20H22O7. The van der Waals surface area contributed by atoms with Crippen LogP contribution < -0.4 is 18.9 Å². The Bertz CT molecular complexity index is 875. The van der Waals surface area contributed by atoms with E-state index < -0.39 is 12.1 Å². The third-order valence-corrected chi connectivity index (χ3v) is 4.76. The van der Waals surface area contributed by atoms with Gasteiger partial charge in [0.05, 0.1) is 28.4 Å². The summed E-state index contributed by atoms with van der Waals surface area (Å²) in [5.41, 5.74) is 1.48. The molecule has 7 heteroatoms. The van der Waals surface area contributed by atoms with Crippen molar-refractivity contribution in [1.82, 2.24) is 0 Å². The minimum absolute atomic E-state index is 0.0868. The van der Waals surface area contributed by atoms with E-state index in [1.165, 1.54) is 20.3 Å². The molecule has 27 heavy (non-hydrogen) atoms. The van der Waals surface area contributed by atoms with Crippen LogP contribution in [0.3, 0.4) is 0 Å². The first-order valence-corrected chi connectivity index (χ1v) is 8.37. The zero-order chi connectivity index (χ0) is 19.7. The molecule has 1 N–H and O–H groups in total. The van der Waals surface area contributed by atoms with E-state index in [2.05, 4.69) is 0 Å². The van der Waals surface area contributed by atoms with Crippen LogP contribution in [0.4, 0.5) is 0 Å². The predicted octanol–water partition coefficient (Wildman–Crippen LogP) is 3.44. The van der Waals surface area contributed by atoms with Crippen LogP contribution in [0.5, 0.6) is 28.7 Å². The van der Waals surface area contributed by atoms with E-state index in [9.17, 15) is 9.90 Å². The molecular weight excluding hydrogens is 352 g/mol. The number of fused-ring (bicyclic) bond motifs is 1. The van der Waals surface area contributed by atoms with Gasteiger partial charge in [0.25, 0.3) is 0 Å². The first-order valence-electron chi connectivity index (χ1n) is 8.37. The lowest BCUT2D eigenvalue weighted by Crippen LogP contribution is -2.10. The first kappa shape index (κ1) is 18.7. The fraction of sp³-hybridized carbons (Fsp3) is 0.350. The highest BCUT2D eigenvalue weighted by Gasteiger charge is 2.40. The third-order valence-electron chi connectivity index (χ3n) is 4.76. The molecule has 0 spiro atoms. The molecule has 3 rings (SSSR count). The maximum atomic E-state index is 12.3. The fourth-order valence-corrected chi connectivity index (χ4v) is 3.44. The second-order valence-corrected chi connectivity index (χ2v) is 6.15. The molecule has 7 nitrogen and oxygen atoms in total. The average Bonchev–Trinajstić information content (AvgIpc) is 3.03. The van der Waals surface area contributed by atoms with Crippen molar-refractivity contribution in [1.29, 1.82) is 0 Å². The summed E-state index contributed by atoms with van der Waals surface area (Å²) in [7, 11) is 5.87. The van der Waals surface area contributed by atoms with Gasteiger partial charge in [0.2, 0.25) is 0 Å². The number of hydrogen-bond acceptors (Lipinski definition) is 7. The molecule has 0 aliphatic carbocycles. The molecule has 1 aliphatic heterocycles. The van der Waals surface area contributed by atoms with Crippen molar-refractivity contribution in [2.24, 2.45) is 0 Å². The summed E-state index contributed by atoms with van der Waals surface area (Å²) in [4.78, 5) is 12.3. The summed E-state index contributed by atoms with van der Waals surface area (Å²) in [6, 6.07) is 6.85. The highest BCUT2D eigenvalue weighted by atomic mass is 16.5. The largest absolute Gasteiger partial charge is 0.507 e. The Morgan fingerprint density at radius 1 is 1.00 bits per heavy atom. The van der Waals surface area contributed by atoms with Gasteiger partial charge in [-0.25, -0.2) is 4.79 Å². The van der Waals surface area contributed by atoms with Crippen molar-refractivity contribution in [2.75, 3.05) is 28.4 Å². The van der Waals surface area contributed by atoms with E-state index in [0.717, 1.165) is 5.56 Å². The molecule has 0 fully saturated rings. The maximum absolute atomic E-state index is 12.3. The fourth-order valence-electron chi connectivity index (χ4n) is 3.44. The Morgan fingerprint density at radius 3 is 2.26 bits per heavy atom. The number of phenolic OH excluding ortho intramolecular Hbond substituents is 1. The summed E-state index contributed by atoms with van der Waals surface area (Å²) in [6.45, 7) is 1.92. The molecule has 0 unspecified atom stereocenters. The number of esters is 1. The van der Waals surface area contributed by atoms with E-state index in [-0.39, 0.29) is 17.2 Å². The highest BCUT2D eigenvalue weighted by Crippen LogP contribution is 2.54. The van der Waals surface area contributed by atoms with Gasteiger partial charge in [0.1, 0.15) is 17.4 Å². The SMILES string of the molecule is COC(=O)c1c(O)cc(OC)c2c1[C@H](C)[C@@H](c1ccc(OC)c(OC)c1)O2. The van der Waals surface area contributed by atoms with Gasteiger partial charge in [-0.1, -0.05) is 13.0 Å². The summed E-state index contributed by atoms with van der Waals surface area (Å²) in [5, 5.41) is 10.3. The molecule has 1 heterocycles. The van der Waals surface area contributed by atoms with Crippen LogP contribution in [-0.2, 0) is 4.74 Å². The molecule has 2 aromatic rings. The number of benzene rings is 2. The third kappa shape index (κ3) is 2.99. The van der Waals surface area contributed by atoms with Gasteiger partial charge in [0.15, 0.2) is 23.0 Å². The van der Waals surface area contributed by atoms with Crippen LogP contribution in [-0.4, -0.2) is 39.5 Å². The minimum atomic E-state index is -0.630. The number of methoxy groups -OCH3 is 4. The van der Waals surface area contributed by atoms with E-state index in [1.54, 1.807) is 20.3 Å². The molecule has 0 radical (unpaired) electrons. The molecule has 2 aromatic carbocycles. The van der Waals surface area contributed by atoms with Crippen LogP contribution in [0.15, 0.2) is 24.3 Å². The summed E-state index contributed by atoms with van der Waals surface area (Å²) >= 11 is 0. The molecule has 1 aliphatic rings. The Balaban J connectivity index is 2.12. The second-order valence-electron chi connectivity index (χ2n) is 6.15. The zero-order valence-electron chi connectivity index (χ0n) is 15.9. The van der Waals surface area contributed by atoms with E-state index in [4.69, 9.17) is 23.7 Å². The monoisotopic (exact) mass is 374 g/mol. The minimum Gasteiger partial charge on any atom is -0.507 e. The van der Waals surface area contributed by atoms with Gasteiger partial charge >= 0.3 is 5.97 Å². The summed E-state index contributed by atoms with van der Waals surface area (Å²) in [6.07, 6.45) is -0.404. The summed E-state index contributed by atoms with van der Waals surface area (Å²) < 4.78 is 27.0. The molecule has 0 saturated carbocycles. The predicted molar refractivity (Wildman–Crippen MR) is 97.3 cm³/mol. The standard InChI is InChI=1S/C20H22O7/c1-10-16-17(20(22)26-5)12(21)9-15(25-4)19(16)27-18(10)11-6-7-13(23-2)14(8-11)24-3/h6-10,18,21H,1-5H3/t10-,18-/m0/s1. The molecule has 0 saturated heterocycles. The number of hydrogen-bond donors (Lipinski definition) is 1. The topological polar surface area (TPSA) is 83.5 Å². The molecule has 144 valence electrons. The number of rotatable bonds is 5. The Morgan fingerprint density at radius 2 is 1.67 bits per heavy atom. The van der Waals surface area contributed by atoms with E-state index >= 15 is 0 Å². The van der Waals surface area contributed by atoms with Crippen LogP contribution in [0.2, 0.25) is 0 Å². The van der Waals surface area contributed by atoms with Crippen molar-refractivity contribution < 1.29 is 33.6 Å². The first-order chi connectivity index (χ1) is 13.0. The lowest BCUT2D eigenvalue weighted by molar-refractivity contribution is 0.0595. The quantitative estimate of drug-likeness (QED) is 0.803. The normalized spacial score (nSPS) is 17.7. The number of phenols is 1. The molecule has 0 aromatic heterocycles. The van der Waals surface area contributed by atoms with Gasteiger partial charge in [-0.2, -0.15) is 0 Å². The number of ether oxygens (including phenoxy) is 5. The lowest BCUT2D eigenvalue weighted by Gasteiger charge is -2.18. The molecule has 0 amide bonds. The zero-order valence-corrected chi connectivity index (χ0v) is 15.9. The van der Waals surface area contributed by atoms with Crippen LogP contribution in [0.1, 0.15) is 40.4 Å². The Hall–Kier alpha value is -3.09. The van der Waals surface area contributed by atoms with Crippen molar-refractivity contribution in [3.05, 3.63) is 41.0 Å².